The molecule has 0 fully saturated rings. The molecule has 0 bridgehead atoms. The zero-order valence-electron chi connectivity index (χ0n) is 8.10. The third-order valence-corrected chi connectivity index (χ3v) is 3.86. The van der Waals surface area contributed by atoms with Crippen LogP contribution in [0.25, 0.3) is 11.1 Å². The van der Waals surface area contributed by atoms with Gasteiger partial charge >= 0.3 is 0 Å². The van der Waals surface area contributed by atoms with Crippen LogP contribution in [0.4, 0.5) is 4.39 Å². The van der Waals surface area contributed by atoms with Gasteiger partial charge in [-0.25, -0.2) is 4.39 Å². The third-order valence-electron chi connectivity index (χ3n) is 2.10. The normalized spacial score (nSPS) is 10.6. The molecule has 1 aromatic heterocycles. The van der Waals surface area contributed by atoms with Gasteiger partial charge in [-0.3, -0.25) is 5.10 Å². The fourth-order valence-corrected chi connectivity index (χ4v) is 2.15. The van der Waals surface area contributed by atoms with E-state index in [1.54, 1.807) is 12.1 Å². The lowest BCUT2D eigenvalue weighted by molar-refractivity contribution is 0.630. The molecule has 0 unspecified atom stereocenters. The lowest BCUT2D eigenvalue weighted by Gasteiger charge is -2.06. The van der Waals surface area contributed by atoms with E-state index in [1.165, 1.54) is 6.07 Å². The molecule has 1 N–H and O–H groups in total. The SMILES string of the molecule is Fc1c(-c2cc(Cl)n[nH]c2=S)ccc(Br)c1Cl. The Kier molecular flexibility index (Phi) is 3.82. The summed E-state index contributed by atoms with van der Waals surface area (Å²) in [5.74, 6) is -0.553. The first-order valence-electron chi connectivity index (χ1n) is 4.40. The van der Waals surface area contributed by atoms with Crippen molar-refractivity contribution < 1.29 is 4.39 Å². The van der Waals surface area contributed by atoms with Gasteiger partial charge in [0, 0.05) is 15.6 Å². The minimum absolute atomic E-state index is 0.00448. The van der Waals surface area contributed by atoms with E-state index >= 15 is 0 Å². The first kappa shape index (κ1) is 13.0. The fourth-order valence-electron chi connectivity index (χ4n) is 1.32. The molecule has 0 saturated carbocycles. The van der Waals surface area contributed by atoms with E-state index in [4.69, 9.17) is 35.4 Å². The van der Waals surface area contributed by atoms with Gasteiger partial charge in [-0.15, -0.1) is 0 Å². The van der Waals surface area contributed by atoms with Crippen LogP contribution < -0.4 is 0 Å². The number of nitrogens with one attached hydrogen (secondary N) is 1. The molecule has 2 nitrogen and oxygen atoms in total. The van der Waals surface area contributed by atoms with Gasteiger partial charge in [-0.1, -0.05) is 41.5 Å². The molecule has 1 heterocycles. The number of nitrogens with zero attached hydrogens (tertiary/aromatic N) is 1. The van der Waals surface area contributed by atoms with Crippen LogP contribution in [0.15, 0.2) is 22.7 Å². The standard InChI is InChI=1S/C10H4BrCl2FN2S/c11-6-2-1-4(9(14)8(6)13)5-3-7(12)15-16-10(5)17/h1-3H,(H,16,17). The monoisotopic (exact) mass is 352 g/mol. The molecule has 0 saturated heterocycles. The number of H-pyrrole nitrogens is 1. The summed E-state index contributed by atoms with van der Waals surface area (Å²) in [6.45, 7) is 0. The fraction of sp³-hybridized carbons (Fsp3) is 0. The second-order valence-corrected chi connectivity index (χ2v) is 5.18. The Morgan fingerprint density at radius 2 is 2.00 bits per heavy atom. The molecule has 7 heteroatoms. The number of hydrogen-bond acceptors (Lipinski definition) is 2. The number of hydrogen-bond donors (Lipinski definition) is 1. The first-order chi connectivity index (χ1) is 8.00. The smallest absolute Gasteiger partial charge is 0.150 e. The second kappa shape index (κ2) is 5.02. The third kappa shape index (κ3) is 2.52. The summed E-state index contributed by atoms with van der Waals surface area (Å²) in [6.07, 6.45) is 0. The van der Waals surface area contributed by atoms with Crippen LogP contribution in [-0.2, 0) is 0 Å². The van der Waals surface area contributed by atoms with E-state index < -0.39 is 5.82 Å². The van der Waals surface area contributed by atoms with E-state index in [0.29, 0.717) is 14.7 Å². The summed E-state index contributed by atoms with van der Waals surface area (Å²) >= 11 is 19.7. The van der Waals surface area contributed by atoms with Crippen molar-refractivity contribution in [2.45, 2.75) is 0 Å². The summed E-state index contributed by atoms with van der Waals surface area (Å²) in [5.41, 5.74) is 0.732. The highest BCUT2D eigenvalue weighted by Crippen LogP contribution is 2.33. The van der Waals surface area contributed by atoms with E-state index in [2.05, 4.69) is 26.1 Å². The van der Waals surface area contributed by atoms with E-state index in [-0.39, 0.29) is 15.7 Å². The topological polar surface area (TPSA) is 28.7 Å². The van der Waals surface area contributed by atoms with Crippen LogP contribution in [0.1, 0.15) is 0 Å². The summed E-state index contributed by atoms with van der Waals surface area (Å²) in [5, 5.41) is 6.45. The molecule has 17 heavy (non-hydrogen) atoms. The van der Waals surface area contributed by atoms with Crippen molar-refractivity contribution in [1.82, 2.24) is 10.2 Å². The zero-order valence-corrected chi connectivity index (χ0v) is 12.0. The molecule has 0 atom stereocenters. The lowest BCUT2D eigenvalue weighted by atomic mass is 10.1. The summed E-state index contributed by atoms with van der Waals surface area (Å²) in [4.78, 5) is 0. The van der Waals surface area contributed by atoms with Crippen LogP contribution >= 0.6 is 51.3 Å². The van der Waals surface area contributed by atoms with Crippen LogP contribution in [0.2, 0.25) is 10.2 Å². The highest BCUT2D eigenvalue weighted by molar-refractivity contribution is 9.10. The number of aromatic nitrogens is 2. The quantitative estimate of drug-likeness (QED) is 0.576. The van der Waals surface area contributed by atoms with Crippen LogP contribution in [0.3, 0.4) is 0 Å². The van der Waals surface area contributed by atoms with Crippen molar-refractivity contribution in [2.75, 3.05) is 0 Å². The minimum Gasteiger partial charge on any atom is -0.266 e. The average molecular weight is 354 g/mol. The van der Waals surface area contributed by atoms with Gasteiger partial charge in [0.2, 0.25) is 0 Å². The molecule has 2 rings (SSSR count). The Labute approximate surface area is 120 Å². The molecule has 2 aromatic rings. The van der Waals surface area contributed by atoms with Gasteiger partial charge in [0.15, 0.2) is 5.82 Å². The van der Waals surface area contributed by atoms with Crippen molar-refractivity contribution in [3.63, 3.8) is 0 Å². The Bertz CT molecular complexity index is 645. The van der Waals surface area contributed by atoms with E-state index in [1.807, 2.05) is 0 Å². The summed E-state index contributed by atoms with van der Waals surface area (Å²) < 4.78 is 14.8. The lowest BCUT2D eigenvalue weighted by Crippen LogP contribution is -1.91. The Morgan fingerprint density at radius 3 is 2.71 bits per heavy atom. The Balaban J connectivity index is 2.73. The van der Waals surface area contributed by atoms with Gasteiger partial charge in [0.25, 0.3) is 0 Å². The summed E-state index contributed by atoms with van der Waals surface area (Å²) in [6, 6.07) is 4.70. The number of halogens is 4. The Hall–Kier alpha value is -0.490. The molecule has 0 radical (unpaired) electrons. The number of benzene rings is 1. The van der Waals surface area contributed by atoms with Crippen LogP contribution in [0, 0.1) is 10.5 Å². The van der Waals surface area contributed by atoms with Crippen LogP contribution in [0.5, 0.6) is 0 Å². The minimum atomic E-state index is -0.553. The summed E-state index contributed by atoms with van der Waals surface area (Å²) in [7, 11) is 0. The highest BCUT2D eigenvalue weighted by atomic mass is 79.9. The molecule has 88 valence electrons. The first-order valence-corrected chi connectivity index (χ1v) is 6.35. The van der Waals surface area contributed by atoms with Gasteiger partial charge in [-0.05, 0) is 28.1 Å². The van der Waals surface area contributed by atoms with Crippen LogP contribution in [-0.4, -0.2) is 10.2 Å². The maximum Gasteiger partial charge on any atom is 0.150 e. The predicted octanol–water partition coefficient (Wildman–Crippen LogP) is 5.01. The molecular formula is C10H4BrCl2FN2S. The van der Waals surface area contributed by atoms with E-state index in [9.17, 15) is 4.39 Å². The van der Waals surface area contributed by atoms with Crippen molar-refractivity contribution >= 4 is 51.3 Å². The predicted molar refractivity (Wildman–Crippen MR) is 72.5 cm³/mol. The molecule has 1 aromatic carbocycles. The highest BCUT2D eigenvalue weighted by Gasteiger charge is 2.13. The molecule has 0 aliphatic carbocycles. The zero-order chi connectivity index (χ0) is 12.6. The maximum atomic E-state index is 14.0. The van der Waals surface area contributed by atoms with Crippen molar-refractivity contribution in [3.8, 4) is 11.1 Å². The van der Waals surface area contributed by atoms with Gasteiger partial charge < -0.3 is 0 Å². The van der Waals surface area contributed by atoms with Gasteiger partial charge in [0.05, 0.1) is 5.02 Å². The van der Waals surface area contributed by atoms with Gasteiger partial charge in [0.1, 0.15) is 9.79 Å². The molecule has 0 aliphatic rings. The molecule has 0 spiro atoms. The number of rotatable bonds is 1. The van der Waals surface area contributed by atoms with Crippen molar-refractivity contribution in [3.05, 3.63) is 43.3 Å². The molecule has 0 aliphatic heterocycles. The van der Waals surface area contributed by atoms with E-state index in [0.717, 1.165) is 0 Å². The Morgan fingerprint density at radius 1 is 1.29 bits per heavy atom. The average Bonchev–Trinajstić information content (AvgIpc) is 2.30. The molecule has 0 amide bonds. The second-order valence-electron chi connectivity index (χ2n) is 3.16. The van der Waals surface area contributed by atoms with Crippen molar-refractivity contribution in [1.29, 1.82) is 0 Å². The number of aromatic amines is 1. The maximum absolute atomic E-state index is 14.0. The van der Waals surface area contributed by atoms with Crippen molar-refractivity contribution in [2.24, 2.45) is 0 Å². The van der Waals surface area contributed by atoms with Gasteiger partial charge in [-0.2, -0.15) is 5.10 Å². The molecular weight excluding hydrogens is 350 g/mol. The largest absolute Gasteiger partial charge is 0.266 e.